The number of aryl methyl sites for hydroxylation is 1. The topological polar surface area (TPSA) is 112 Å². The fraction of sp³-hybridized carbons (Fsp3) is 0.286. The summed E-state index contributed by atoms with van der Waals surface area (Å²) < 4.78 is 7.05. The molecule has 1 amide bonds. The minimum atomic E-state index is -0.504. The van der Waals surface area contributed by atoms with Gasteiger partial charge in [0.2, 0.25) is 5.91 Å². The van der Waals surface area contributed by atoms with Gasteiger partial charge in [0.25, 0.3) is 0 Å². The molecule has 1 fully saturated rings. The molecule has 2 aliphatic rings. The molecule has 9 nitrogen and oxygen atoms in total. The van der Waals surface area contributed by atoms with Crippen molar-refractivity contribution in [3.05, 3.63) is 64.6 Å². The zero-order valence-electron chi connectivity index (χ0n) is 17.5. The number of β-lactam (4-membered cyclic amide) rings is 1. The zero-order valence-corrected chi connectivity index (χ0v) is 19.1. The maximum absolute atomic E-state index is 12.7. The number of nitrogens with zero attached hydrogens (tertiary/aromatic N) is 6. The average Bonchev–Trinajstić information content (AvgIpc) is 3.28. The second kappa shape index (κ2) is 8.57. The molecule has 0 radical (unpaired) electrons. The minimum absolute atomic E-state index is 0.104. The van der Waals surface area contributed by atoms with Crippen molar-refractivity contribution in [2.24, 2.45) is 5.73 Å². The number of carbonyl (C=O) groups is 1. The summed E-state index contributed by atoms with van der Waals surface area (Å²) in [5, 5.41) is 12.4. The molecule has 0 spiro atoms. The van der Waals surface area contributed by atoms with Gasteiger partial charge in [0.1, 0.15) is 22.9 Å². The number of fused-ring (bicyclic) bond motifs is 1. The van der Waals surface area contributed by atoms with Crippen molar-refractivity contribution in [1.82, 2.24) is 30.1 Å². The fourth-order valence-electron chi connectivity index (χ4n) is 3.74. The van der Waals surface area contributed by atoms with Crippen LogP contribution in [0.1, 0.15) is 17.0 Å². The molecule has 11 heteroatoms. The molecule has 2 N–H and O–H groups in total. The lowest BCUT2D eigenvalue weighted by atomic mass is 10.1. The Kier molecular flexibility index (Phi) is 5.62. The van der Waals surface area contributed by atoms with Gasteiger partial charge in [-0.2, -0.15) is 0 Å². The number of hydrogen-bond acceptors (Lipinski definition) is 9. The maximum atomic E-state index is 12.7. The second-order valence-electron chi connectivity index (χ2n) is 7.44. The molecule has 164 valence electrons. The lowest BCUT2D eigenvalue weighted by Crippen LogP contribution is -2.67. The number of rotatable bonds is 6. The van der Waals surface area contributed by atoms with Gasteiger partial charge in [-0.1, -0.05) is 17.8 Å². The van der Waals surface area contributed by atoms with E-state index in [9.17, 15) is 4.79 Å². The van der Waals surface area contributed by atoms with E-state index in [2.05, 4.69) is 20.5 Å². The number of amides is 1. The third kappa shape index (κ3) is 3.65. The summed E-state index contributed by atoms with van der Waals surface area (Å²) in [6.07, 6.45) is 3.51. The van der Waals surface area contributed by atoms with Crippen molar-refractivity contribution in [3.63, 3.8) is 0 Å². The summed E-state index contributed by atoms with van der Waals surface area (Å²) in [5.74, 6) is 1.97. The molecule has 1 aromatic carbocycles. The molecule has 2 aromatic heterocycles. The number of aromatic nitrogens is 5. The SMILES string of the molecule is COc1ccc(Cn2nnnc2C2=C(Sc3ccncc3)CS[C@@H]3[C@H](N)C(=O)N23)c(C)c1. The Balaban J connectivity index is 1.55. The first-order chi connectivity index (χ1) is 15.6. The summed E-state index contributed by atoms with van der Waals surface area (Å²) in [4.78, 5) is 20.6. The van der Waals surface area contributed by atoms with Crippen LogP contribution in [0.4, 0.5) is 0 Å². The van der Waals surface area contributed by atoms with Gasteiger partial charge in [-0.3, -0.25) is 14.7 Å². The van der Waals surface area contributed by atoms with Gasteiger partial charge in [0.05, 0.1) is 13.7 Å². The highest BCUT2D eigenvalue weighted by Crippen LogP contribution is 2.47. The van der Waals surface area contributed by atoms with E-state index in [1.54, 1.807) is 52.6 Å². The number of thioether (sulfide) groups is 2. The minimum Gasteiger partial charge on any atom is -0.497 e. The van der Waals surface area contributed by atoms with Crippen LogP contribution < -0.4 is 10.5 Å². The van der Waals surface area contributed by atoms with Crippen LogP contribution in [0.3, 0.4) is 0 Å². The van der Waals surface area contributed by atoms with Crippen molar-refractivity contribution >= 4 is 35.1 Å². The molecule has 1 saturated heterocycles. The van der Waals surface area contributed by atoms with Gasteiger partial charge < -0.3 is 10.5 Å². The number of tetrazole rings is 1. The summed E-state index contributed by atoms with van der Waals surface area (Å²) >= 11 is 3.26. The Bertz CT molecular complexity index is 1200. The smallest absolute Gasteiger partial charge is 0.248 e. The van der Waals surface area contributed by atoms with Gasteiger partial charge >= 0.3 is 0 Å². The number of methoxy groups -OCH3 is 1. The maximum Gasteiger partial charge on any atom is 0.248 e. The number of ether oxygens (including phenoxy) is 1. The summed E-state index contributed by atoms with van der Waals surface area (Å²) in [7, 11) is 1.65. The Morgan fingerprint density at radius 2 is 2.09 bits per heavy atom. The molecule has 0 aliphatic carbocycles. The average molecular weight is 468 g/mol. The molecular formula is C21H21N7O2S2. The molecular weight excluding hydrogens is 446 g/mol. The zero-order chi connectivity index (χ0) is 22.2. The van der Waals surface area contributed by atoms with E-state index in [0.717, 1.165) is 38.1 Å². The van der Waals surface area contributed by atoms with Crippen molar-refractivity contribution in [1.29, 1.82) is 0 Å². The third-order valence-corrected chi connectivity index (χ3v) is 8.05. The number of benzene rings is 1. The van der Waals surface area contributed by atoms with E-state index in [-0.39, 0.29) is 11.3 Å². The van der Waals surface area contributed by atoms with Crippen LogP contribution in [0, 0.1) is 6.92 Å². The molecule has 2 atom stereocenters. The molecule has 4 heterocycles. The van der Waals surface area contributed by atoms with Crippen LogP contribution in [-0.4, -0.2) is 60.3 Å². The first kappa shape index (κ1) is 21.0. The Labute approximate surface area is 193 Å². The van der Waals surface area contributed by atoms with Gasteiger partial charge in [-0.25, -0.2) is 4.68 Å². The highest BCUT2D eigenvalue weighted by atomic mass is 32.2. The summed E-state index contributed by atoms with van der Waals surface area (Å²) in [6.45, 7) is 2.50. The number of carbonyl (C=O) groups excluding carboxylic acids is 1. The molecule has 32 heavy (non-hydrogen) atoms. The molecule has 2 aliphatic heterocycles. The second-order valence-corrected chi connectivity index (χ2v) is 9.72. The van der Waals surface area contributed by atoms with Crippen molar-refractivity contribution in [2.75, 3.05) is 12.9 Å². The van der Waals surface area contributed by atoms with Crippen LogP contribution in [0.5, 0.6) is 5.75 Å². The Hall–Kier alpha value is -2.89. The van der Waals surface area contributed by atoms with Crippen molar-refractivity contribution in [3.8, 4) is 5.75 Å². The lowest BCUT2D eigenvalue weighted by molar-refractivity contribution is -0.139. The monoisotopic (exact) mass is 467 g/mol. The van der Waals surface area contributed by atoms with E-state index in [0.29, 0.717) is 12.4 Å². The lowest BCUT2D eigenvalue weighted by Gasteiger charge is -2.48. The standard InChI is InChI=1S/C21H21N7O2S2/c1-12-9-14(30-2)4-3-13(12)10-27-19(24-25-26-27)18-16(32-15-5-7-23-8-6-15)11-31-21-17(22)20(29)28(18)21/h3-9,17,21H,10-11,22H2,1-2H3/t17-,21-/m1/s1. The molecule has 5 rings (SSSR count). The van der Waals surface area contributed by atoms with E-state index in [4.69, 9.17) is 10.5 Å². The Morgan fingerprint density at radius 1 is 1.28 bits per heavy atom. The van der Waals surface area contributed by atoms with Crippen LogP contribution in [-0.2, 0) is 11.3 Å². The van der Waals surface area contributed by atoms with Gasteiger partial charge in [0.15, 0.2) is 5.82 Å². The predicted molar refractivity (Wildman–Crippen MR) is 123 cm³/mol. The van der Waals surface area contributed by atoms with E-state index >= 15 is 0 Å². The molecule has 3 aromatic rings. The van der Waals surface area contributed by atoms with Crippen LogP contribution in [0.2, 0.25) is 0 Å². The van der Waals surface area contributed by atoms with Crippen molar-refractivity contribution in [2.45, 2.75) is 29.8 Å². The summed E-state index contributed by atoms with van der Waals surface area (Å²) in [6, 6.07) is 9.29. The van der Waals surface area contributed by atoms with Gasteiger partial charge in [-0.05, 0) is 52.7 Å². The predicted octanol–water partition coefficient (Wildman–Crippen LogP) is 2.14. The number of pyridine rings is 1. The van der Waals surface area contributed by atoms with Gasteiger partial charge in [0, 0.05) is 27.9 Å². The fourth-order valence-corrected chi connectivity index (χ4v) is 6.15. The van der Waals surface area contributed by atoms with E-state index < -0.39 is 6.04 Å². The van der Waals surface area contributed by atoms with Crippen molar-refractivity contribution < 1.29 is 9.53 Å². The highest BCUT2D eigenvalue weighted by molar-refractivity contribution is 8.06. The normalized spacial score (nSPS) is 20.2. The van der Waals surface area contributed by atoms with Crippen LogP contribution >= 0.6 is 23.5 Å². The Morgan fingerprint density at radius 3 is 2.84 bits per heavy atom. The summed E-state index contributed by atoms with van der Waals surface area (Å²) in [5.41, 5.74) is 8.95. The number of hydrogen-bond donors (Lipinski definition) is 1. The van der Waals surface area contributed by atoms with E-state index in [1.165, 1.54) is 0 Å². The van der Waals surface area contributed by atoms with E-state index in [1.807, 2.05) is 37.3 Å². The highest BCUT2D eigenvalue weighted by Gasteiger charge is 2.51. The first-order valence-corrected chi connectivity index (χ1v) is 11.8. The first-order valence-electron chi connectivity index (χ1n) is 9.98. The molecule has 0 unspecified atom stereocenters. The molecule has 0 saturated carbocycles. The quantitative estimate of drug-likeness (QED) is 0.545. The largest absolute Gasteiger partial charge is 0.497 e. The number of nitrogens with two attached hydrogens (primary N) is 1. The van der Waals surface area contributed by atoms with Crippen LogP contribution in [0.15, 0.2) is 52.5 Å². The van der Waals surface area contributed by atoms with Crippen LogP contribution in [0.25, 0.3) is 5.70 Å². The molecule has 0 bridgehead atoms. The van der Waals surface area contributed by atoms with Gasteiger partial charge in [-0.15, -0.1) is 16.9 Å². The third-order valence-electron chi connectivity index (χ3n) is 5.48.